The largest absolute Gasteiger partial charge is 0.482 e. The summed E-state index contributed by atoms with van der Waals surface area (Å²) in [5.41, 5.74) is -0.198. The zero-order valence-corrected chi connectivity index (χ0v) is 19.2. The maximum absolute atomic E-state index is 14.9. The van der Waals surface area contributed by atoms with Crippen LogP contribution in [-0.2, 0) is 19.1 Å². The summed E-state index contributed by atoms with van der Waals surface area (Å²) in [4.78, 5) is 34.4. The second-order valence-electron chi connectivity index (χ2n) is 7.18. The molecule has 3 aromatic rings. The lowest BCUT2D eigenvalue weighted by molar-refractivity contribution is -0.144. The van der Waals surface area contributed by atoms with Crippen molar-refractivity contribution in [3.8, 4) is 17.2 Å². The van der Waals surface area contributed by atoms with E-state index in [9.17, 15) is 27.6 Å². The fourth-order valence-electron chi connectivity index (χ4n) is 2.94. The summed E-state index contributed by atoms with van der Waals surface area (Å²) in [6.07, 6.45) is 3.91. The van der Waals surface area contributed by atoms with E-state index in [0.29, 0.717) is 5.75 Å². The van der Waals surface area contributed by atoms with Crippen LogP contribution < -0.4 is 14.2 Å². The van der Waals surface area contributed by atoms with Crippen LogP contribution in [0.25, 0.3) is 16.8 Å². The number of hydrogen-bond donors (Lipinski definition) is 0. The van der Waals surface area contributed by atoms with Crippen LogP contribution in [0.1, 0.15) is 5.56 Å². The van der Waals surface area contributed by atoms with Crippen LogP contribution in [0.15, 0.2) is 73.9 Å². The molecule has 0 heterocycles. The zero-order valence-electron chi connectivity index (χ0n) is 19.2. The molecule has 0 saturated carbocycles. The van der Waals surface area contributed by atoms with E-state index in [-0.39, 0.29) is 23.5 Å². The van der Waals surface area contributed by atoms with Gasteiger partial charge in [0.15, 0.2) is 24.0 Å². The second kappa shape index (κ2) is 12.2. The summed E-state index contributed by atoms with van der Waals surface area (Å²) < 4.78 is 63.8. The molecule has 0 spiro atoms. The van der Waals surface area contributed by atoms with Crippen LogP contribution in [0.4, 0.5) is 13.2 Å². The van der Waals surface area contributed by atoms with E-state index in [2.05, 4.69) is 17.9 Å². The van der Waals surface area contributed by atoms with Gasteiger partial charge in [0, 0.05) is 17.7 Å². The molecular formula is C27H19F3O7. The Morgan fingerprint density at radius 3 is 2.19 bits per heavy atom. The summed E-state index contributed by atoms with van der Waals surface area (Å²) in [6, 6.07) is 9.36. The molecule has 3 rings (SSSR count). The van der Waals surface area contributed by atoms with E-state index in [1.54, 1.807) is 0 Å². The highest BCUT2D eigenvalue weighted by Crippen LogP contribution is 2.32. The Labute approximate surface area is 209 Å². The molecule has 37 heavy (non-hydrogen) atoms. The molecule has 7 nitrogen and oxygen atoms in total. The highest BCUT2D eigenvalue weighted by atomic mass is 19.2. The summed E-state index contributed by atoms with van der Waals surface area (Å²) >= 11 is 0. The van der Waals surface area contributed by atoms with Gasteiger partial charge in [0.05, 0.1) is 5.39 Å². The van der Waals surface area contributed by atoms with Gasteiger partial charge in [0.1, 0.15) is 17.3 Å². The number of benzene rings is 3. The van der Waals surface area contributed by atoms with Gasteiger partial charge >= 0.3 is 11.9 Å². The van der Waals surface area contributed by atoms with Crippen molar-refractivity contribution < 1.29 is 46.5 Å². The third-order valence-corrected chi connectivity index (χ3v) is 4.75. The van der Waals surface area contributed by atoms with E-state index in [0.717, 1.165) is 30.4 Å². The highest BCUT2D eigenvalue weighted by Gasteiger charge is 2.19. The maximum atomic E-state index is 14.9. The van der Waals surface area contributed by atoms with Crippen LogP contribution in [-0.4, -0.2) is 31.1 Å². The van der Waals surface area contributed by atoms with E-state index in [1.165, 1.54) is 36.4 Å². The lowest BCUT2D eigenvalue weighted by atomic mass is 10.0. The first-order chi connectivity index (χ1) is 17.7. The molecule has 10 heteroatoms. The number of fused-ring (bicyclic) bond motifs is 1. The number of ether oxygens (including phenoxy) is 4. The molecule has 3 aromatic carbocycles. The smallest absolute Gasteiger partial charge is 0.336 e. The minimum absolute atomic E-state index is 0.0151. The molecule has 0 atom stereocenters. The predicted octanol–water partition coefficient (Wildman–Crippen LogP) is 5.08. The fraction of sp³-hybridized carbons (Fsp3) is 0.0741. The summed E-state index contributed by atoms with van der Waals surface area (Å²) in [6.45, 7) is 5.61. The third kappa shape index (κ3) is 6.85. The quantitative estimate of drug-likeness (QED) is 0.153. The van der Waals surface area contributed by atoms with E-state index < -0.39 is 52.9 Å². The molecule has 0 saturated heterocycles. The average Bonchev–Trinajstić information content (AvgIpc) is 2.89. The standard InChI is InChI=1S/C27H19F3O7/c1-3-18(31)14-34-21-13-17-6-5-16(25(28)24(17)27(30)26(21)29)7-12-23(33)37-20-10-8-19(9-11-20)35-15-36-22(32)4-2/h3-13H,1-2,14-15H2/b12-7+. The first-order valence-corrected chi connectivity index (χ1v) is 10.5. The number of carbonyl (C=O) groups excluding carboxylic acids is 3. The molecule has 0 aliphatic heterocycles. The van der Waals surface area contributed by atoms with Crippen LogP contribution in [0.2, 0.25) is 0 Å². The predicted molar refractivity (Wildman–Crippen MR) is 127 cm³/mol. The molecule has 0 N–H and O–H groups in total. The molecule has 0 fully saturated rings. The van der Waals surface area contributed by atoms with Crippen molar-refractivity contribution in [2.45, 2.75) is 0 Å². The van der Waals surface area contributed by atoms with Gasteiger partial charge in [-0.1, -0.05) is 25.3 Å². The number of rotatable bonds is 11. The Balaban J connectivity index is 1.69. The van der Waals surface area contributed by atoms with Gasteiger partial charge in [-0.15, -0.1) is 0 Å². The Kier molecular flexibility index (Phi) is 8.82. The van der Waals surface area contributed by atoms with Crippen molar-refractivity contribution in [2.75, 3.05) is 13.4 Å². The Morgan fingerprint density at radius 1 is 0.811 bits per heavy atom. The zero-order chi connectivity index (χ0) is 26.9. The lowest BCUT2D eigenvalue weighted by Gasteiger charge is -2.10. The molecule has 0 amide bonds. The number of halogens is 3. The van der Waals surface area contributed by atoms with Gasteiger partial charge in [0.25, 0.3) is 0 Å². The van der Waals surface area contributed by atoms with Gasteiger partial charge in [0.2, 0.25) is 12.6 Å². The first kappa shape index (κ1) is 26.7. The molecule has 0 bridgehead atoms. The Morgan fingerprint density at radius 2 is 1.51 bits per heavy atom. The second-order valence-corrected chi connectivity index (χ2v) is 7.18. The summed E-state index contributed by atoms with van der Waals surface area (Å²) in [5.74, 6) is -6.22. The normalized spacial score (nSPS) is 10.7. The highest BCUT2D eigenvalue weighted by molar-refractivity contribution is 5.92. The molecule has 0 radical (unpaired) electrons. The van der Waals surface area contributed by atoms with Crippen LogP contribution in [0, 0.1) is 17.5 Å². The number of ketones is 1. The van der Waals surface area contributed by atoms with Gasteiger partial charge in [-0.05, 0) is 47.9 Å². The number of carbonyl (C=O) groups is 3. The first-order valence-electron chi connectivity index (χ1n) is 10.5. The SMILES string of the molecule is C=CC(=O)COc1cc2ccc(/C=C/C(=O)Oc3ccc(OCOC(=O)C=C)cc3)c(F)c2c(F)c1F. The van der Waals surface area contributed by atoms with Crippen LogP contribution in [0.3, 0.4) is 0 Å². The molecular weight excluding hydrogens is 493 g/mol. The maximum Gasteiger partial charge on any atom is 0.336 e. The van der Waals surface area contributed by atoms with E-state index in [4.69, 9.17) is 14.2 Å². The molecule has 0 aliphatic carbocycles. The van der Waals surface area contributed by atoms with Crippen LogP contribution in [0.5, 0.6) is 17.2 Å². The van der Waals surface area contributed by atoms with Gasteiger partial charge < -0.3 is 18.9 Å². The van der Waals surface area contributed by atoms with Crippen LogP contribution >= 0.6 is 0 Å². The van der Waals surface area contributed by atoms with Gasteiger partial charge in [-0.2, -0.15) is 4.39 Å². The molecule has 0 aromatic heterocycles. The lowest BCUT2D eigenvalue weighted by Crippen LogP contribution is -2.09. The number of esters is 2. The minimum Gasteiger partial charge on any atom is -0.482 e. The molecule has 190 valence electrons. The van der Waals surface area contributed by atoms with Gasteiger partial charge in [-0.25, -0.2) is 18.4 Å². The van der Waals surface area contributed by atoms with Gasteiger partial charge in [-0.3, -0.25) is 4.79 Å². The van der Waals surface area contributed by atoms with Crippen molar-refractivity contribution >= 4 is 34.6 Å². The van der Waals surface area contributed by atoms with E-state index >= 15 is 0 Å². The van der Waals surface area contributed by atoms with Crippen molar-refractivity contribution in [3.63, 3.8) is 0 Å². The van der Waals surface area contributed by atoms with E-state index in [1.807, 2.05) is 0 Å². The summed E-state index contributed by atoms with van der Waals surface area (Å²) in [5, 5.41) is -0.663. The Hall–Kier alpha value is -4.86. The fourth-order valence-corrected chi connectivity index (χ4v) is 2.94. The summed E-state index contributed by atoms with van der Waals surface area (Å²) in [7, 11) is 0. The van der Waals surface area contributed by atoms with Crippen molar-refractivity contribution in [3.05, 3.63) is 96.9 Å². The molecule has 0 unspecified atom stereocenters. The Bertz CT molecular complexity index is 1400. The minimum atomic E-state index is -1.50. The monoisotopic (exact) mass is 512 g/mol. The number of hydrogen-bond acceptors (Lipinski definition) is 7. The van der Waals surface area contributed by atoms with Crippen molar-refractivity contribution in [1.82, 2.24) is 0 Å². The molecule has 0 aliphatic rings. The van der Waals surface area contributed by atoms with Crippen molar-refractivity contribution in [2.24, 2.45) is 0 Å². The third-order valence-electron chi connectivity index (χ3n) is 4.75. The topological polar surface area (TPSA) is 88.1 Å². The van der Waals surface area contributed by atoms with Crippen molar-refractivity contribution in [1.29, 1.82) is 0 Å². The average molecular weight is 512 g/mol.